The molecule has 0 saturated carbocycles. The van der Waals surface area contributed by atoms with Crippen molar-refractivity contribution in [2.75, 3.05) is 0 Å². The van der Waals surface area contributed by atoms with Gasteiger partial charge in [-0.15, -0.1) is 0 Å². The zero-order valence-electron chi connectivity index (χ0n) is 12.8. The Bertz CT molecular complexity index is 958. The van der Waals surface area contributed by atoms with Crippen LogP contribution in [-0.4, -0.2) is 50.1 Å². The molecule has 132 valence electrons. The molecule has 0 fully saturated rings. The van der Waals surface area contributed by atoms with Crippen molar-refractivity contribution >= 4 is 29.7 Å². The Morgan fingerprint density at radius 2 is 1.04 bits per heavy atom. The van der Waals surface area contributed by atoms with Crippen molar-refractivity contribution < 1.29 is 44.4 Å². The van der Waals surface area contributed by atoms with Gasteiger partial charge in [0.25, 0.3) is 0 Å². The van der Waals surface area contributed by atoms with Crippen LogP contribution in [0.1, 0.15) is 57.4 Å². The second-order valence-electron chi connectivity index (χ2n) is 5.01. The van der Waals surface area contributed by atoms with Crippen molar-refractivity contribution in [3.63, 3.8) is 0 Å². The fourth-order valence-corrected chi connectivity index (χ4v) is 2.43. The van der Waals surface area contributed by atoms with Gasteiger partial charge in [0.1, 0.15) is 0 Å². The lowest BCUT2D eigenvalue weighted by molar-refractivity contribution is 0.0629. The molecule has 2 aromatic carbocycles. The summed E-state index contributed by atoms with van der Waals surface area (Å²) in [4.78, 5) is 58.6. The van der Waals surface area contributed by atoms with E-state index >= 15 is 0 Å². The predicted molar refractivity (Wildman–Crippen MR) is 84.2 cm³/mol. The number of carbonyl (C=O) groups excluding carboxylic acids is 1. The van der Waals surface area contributed by atoms with E-state index in [2.05, 4.69) is 0 Å². The molecule has 0 aliphatic rings. The monoisotopic (exact) mass is 358 g/mol. The summed E-state index contributed by atoms with van der Waals surface area (Å²) in [5.74, 6) is -8.52. The predicted octanol–water partition coefficient (Wildman–Crippen LogP) is 1.71. The third-order valence-electron chi connectivity index (χ3n) is 3.48. The Balaban J connectivity index is 3.02. The third-order valence-corrected chi connectivity index (χ3v) is 3.48. The van der Waals surface area contributed by atoms with E-state index in [4.69, 9.17) is 5.11 Å². The molecular weight excluding hydrogens is 348 g/mol. The number of ketones is 1. The van der Waals surface area contributed by atoms with Crippen LogP contribution in [0.15, 0.2) is 36.4 Å². The minimum absolute atomic E-state index is 0.0862. The first-order chi connectivity index (χ1) is 12.2. The van der Waals surface area contributed by atoms with Crippen LogP contribution < -0.4 is 0 Å². The summed E-state index contributed by atoms with van der Waals surface area (Å²) in [7, 11) is 0. The second kappa shape index (κ2) is 6.85. The van der Waals surface area contributed by atoms with Crippen molar-refractivity contribution in [1.82, 2.24) is 0 Å². The van der Waals surface area contributed by atoms with Crippen LogP contribution in [0.4, 0.5) is 0 Å². The molecule has 9 heteroatoms. The third kappa shape index (κ3) is 3.13. The van der Waals surface area contributed by atoms with E-state index in [0.29, 0.717) is 6.07 Å². The molecule has 0 heterocycles. The van der Waals surface area contributed by atoms with Crippen LogP contribution >= 0.6 is 0 Å². The summed E-state index contributed by atoms with van der Waals surface area (Å²) in [5, 5.41) is 37.1. The molecule has 0 saturated heterocycles. The van der Waals surface area contributed by atoms with Gasteiger partial charge in [-0.05, 0) is 6.07 Å². The smallest absolute Gasteiger partial charge is 0.337 e. The van der Waals surface area contributed by atoms with Gasteiger partial charge in [0.2, 0.25) is 0 Å². The number of hydrogen-bond donors (Lipinski definition) is 4. The van der Waals surface area contributed by atoms with Crippen molar-refractivity contribution in [3.8, 4) is 0 Å². The average Bonchev–Trinajstić information content (AvgIpc) is 2.59. The summed E-state index contributed by atoms with van der Waals surface area (Å²) in [6.45, 7) is 0. The van der Waals surface area contributed by atoms with E-state index in [1.54, 1.807) is 6.07 Å². The molecule has 0 aliphatic carbocycles. The van der Waals surface area contributed by atoms with Crippen LogP contribution in [0.2, 0.25) is 0 Å². The molecule has 0 aromatic heterocycles. The van der Waals surface area contributed by atoms with Crippen LogP contribution in [0.25, 0.3) is 0 Å². The average molecular weight is 358 g/mol. The summed E-state index contributed by atoms with van der Waals surface area (Å²) in [6.07, 6.45) is 0. The number of carboxylic acid groups (broad SMARTS) is 4. The first kappa shape index (κ1) is 18.3. The topological polar surface area (TPSA) is 166 Å². The number of rotatable bonds is 6. The number of hydrogen-bond acceptors (Lipinski definition) is 5. The second-order valence-corrected chi connectivity index (χ2v) is 5.01. The first-order valence-electron chi connectivity index (χ1n) is 6.90. The van der Waals surface area contributed by atoms with Gasteiger partial charge in [-0.1, -0.05) is 30.3 Å². The molecule has 0 spiro atoms. The zero-order chi connectivity index (χ0) is 19.6. The van der Waals surface area contributed by atoms with E-state index in [1.807, 2.05) is 0 Å². The van der Waals surface area contributed by atoms with Gasteiger partial charge in [0.15, 0.2) is 5.78 Å². The summed E-state index contributed by atoms with van der Waals surface area (Å²) >= 11 is 0. The molecule has 0 radical (unpaired) electrons. The Labute approximate surface area is 144 Å². The summed E-state index contributed by atoms with van der Waals surface area (Å²) in [5.41, 5.74) is -5.32. The van der Waals surface area contributed by atoms with E-state index in [9.17, 15) is 39.3 Å². The molecule has 26 heavy (non-hydrogen) atoms. The fourth-order valence-electron chi connectivity index (χ4n) is 2.43. The van der Waals surface area contributed by atoms with E-state index < -0.39 is 57.5 Å². The number of carbonyl (C=O) groups is 5. The minimum Gasteiger partial charge on any atom is -0.478 e. The van der Waals surface area contributed by atoms with E-state index in [1.165, 1.54) is 24.3 Å². The standard InChI is InChI=1S/C17H10O9/c18-13(7-4-2-1-3-5-7)10-8(14(19)20)6-9(15(21)22)11(16(23)24)12(10)17(25)26/h1-6H,(H,19,20)(H,21,22)(H,23,24)(H,25,26). The molecule has 0 aliphatic heterocycles. The summed E-state index contributed by atoms with van der Waals surface area (Å²) in [6, 6.07) is 7.48. The molecule has 2 aromatic rings. The van der Waals surface area contributed by atoms with Crippen molar-refractivity contribution in [1.29, 1.82) is 0 Å². The number of carboxylic acids is 4. The van der Waals surface area contributed by atoms with Gasteiger partial charge < -0.3 is 20.4 Å². The van der Waals surface area contributed by atoms with Crippen LogP contribution in [0.5, 0.6) is 0 Å². The molecule has 9 nitrogen and oxygen atoms in total. The van der Waals surface area contributed by atoms with Crippen molar-refractivity contribution in [3.05, 3.63) is 69.8 Å². The Morgan fingerprint density at radius 3 is 1.46 bits per heavy atom. The van der Waals surface area contributed by atoms with E-state index in [0.717, 1.165) is 0 Å². The van der Waals surface area contributed by atoms with E-state index in [-0.39, 0.29) is 5.56 Å². The van der Waals surface area contributed by atoms with Crippen LogP contribution in [0.3, 0.4) is 0 Å². The molecular formula is C17H10O9. The Morgan fingerprint density at radius 1 is 0.577 bits per heavy atom. The zero-order valence-corrected chi connectivity index (χ0v) is 12.8. The lowest BCUT2D eigenvalue weighted by Crippen LogP contribution is -2.23. The normalized spacial score (nSPS) is 10.2. The van der Waals surface area contributed by atoms with Gasteiger partial charge >= 0.3 is 23.9 Å². The molecule has 0 atom stereocenters. The summed E-state index contributed by atoms with van der Waals surface area (Å²) < 4.78 is 0. The first-order valence-corrected chi connectivity index (χ1v) is 6.90. The maximum absolute atomic E-state index is 12.7. The highest BCUT2D eigenvalue weighted by atomic mass is 16.4. The highest BCUT2D eigenvalue weighted by molar-refractivity contribution is 6.23. The number of aromatic carboxylic acids is 4. The maximum Gasteiger partial charge on any atom is 0.337 e. The minimum atomic E-state index is -1.94. The van der Waals surface area contributed by atoms with Gasteiger partial charge in [-0.2, -0.15) is 0 Å². The molecule has 4 N–H and O–H groups in total. The van der Waals surface area contributed by atoms with Gasteiger partial charge in [-0.25, -0.2) is 19.2 Å². The Hall–Kier alpha value is -4.01. The molecule has 0 unspecified atom stereocenters. The Kier molecular flexibility index (Phi) is 4.83. The van der Waals surface area contributed by atoms with Gasteiger partial charge in [0.05, 0.1) is 27.8 Å². The van der Waals surface area contributed by atoms with Crippen LogP contribution in [0, 0.1) is 0 Å². The fraction of sp³-hybridized carbons (Fsp3) is 0. The SMILES string of the molecule is O=C(O)c1cc(C(=O)O)c(C(=O)c2ccccc2)c(C(=O)O)c1C(=O)O. The van der Waals surface area contributed by atoms with Crippen LogP contribution in [-0.2, 0) is 0 Å². The molecule has 2 rings (SSSR count). The highest BCUT2D eigenvalue weighted by Gasteiger charge is 2.34. The largest absolute Gasteiger partial charge is 0.478 e. The lowest BCUT2D eigenvalue weighted by atomic mass is 9.87. The van der Waals surface area contributed by atoms with Gasteiger partial charge in [0, 0.05) is 5.56 Å². The maximum atomic E-state index is 12.7. The highest BCUT2D eigenvalue weighted by Crippen LogP contribution is 2.27. The number of benzene rings is 2. The lowest BCUT2D eigenvalue weighted by Gasteiger charge is -2.14. The van der Waals surface area contributed by atoms with Crippen molar-refractivity contribution in [2.45, 2.75) is 0 Å². The molecule has 0 amide bonds. The quantitative estimate of drug-likeness (QED) is 0.562. The molecule has 0 bridgehead atoms. The van der Waals surface area contributed by atoms with Gasteiger partial charge in [-0.3, -0.25) is 4.79 Å². The van der Waals surface area contributed by atoms with Crippen molar-refractivity contribution in [2.24, 2.45) is 0 Å².